The van der Waals surface area contributed by atoms with E-state index in [1.165, 1.54) is 12.5 Å². The van der Waals surface area contributed by atoms with Crippen LogP contribution < -0.4 is 5.73 Å². The lowest BCUT2D eigenvalue weighted by molar-refractivity contribution is 0.0698. The van der Waals surface area contributed by atoms with Gasteiger partial charge in [-0.1, -0.05) is 0 Å². The van der Waals surface area contributed by atoms with Gasteiger partial charge in [0.25, 0.3) is 0 Å². The fourth-order valence-corrected chi connectivity index (χ4v) is 1.41. The van der Waals surface area contributed by atoms with Crippen LogP contribution in [0.5, 0.6) is 0 Å². The lowest BCUT2D eigenvalue weighted by Crippen LogP contribution is -1.97. The highest BCUT2D eigenvalue weighted by Crippen LogP contribution is 2.21. The monoisotopic (exact) mass is 192 g/mol. The van der Waals surface area contributed by atoms with Crippen molar-refractivity contribution in [3.05, 3.63) is 18.1 Å². The molecule has 0 aliphatic heterocycles. The Morgan fingerprint density at radius 3 is 2.93 bits per heavy atom. The normalized spacial score (nSPS) is 10.6. The Balaban J connectivity index is 2.91. The number of carboxylic acid groups (broad SMARTS) is 1. The molecule has 2 aromatic heterocycles. The second-order valence-corrected chi connectivity index (χ2v) is 2.91. The first kappa shape index (κ1) is 8.49. The van der Waals surface area contributed by atoms with Crippen molar-refractivity contribution in [1.82, 2.24) is 14.5 Å². The van der Waals surface area contributed by atoms with E-state index in [9.17, 15) is 4.79 Å². The zero-order valence-electron chi connectivity index (χ0n) is 7.43. The summed E-state index contributed by atoms with van der Waals surface area (Å²) in [6, 6.07) is 0. The molecule has 0 amide bonds. The largest absolute Gasteiger partial charge is 0.478 e. The summed E-state index contributed by atoms with van der Waals surface area (Å²) in [5.41, 5.74) is 6.66. The number of aryl methyl sites for hydroxylation is 1. The molecule has 6 heteroatoms. The number of carbonyl (C=O) groups is 1. The van der Waals surface area contributed by atoms with Gasteiger partial charge in [0.05, 0.1) is 0 Å². The molecule has 0 bridgehead atoms. The van der Waals surface area contributed by atoms with Gasteiger partial charge in [-0.25, -0.2) is 14.8 Å². The molecular weight excluding hydrogens is 184 g/mol. The Morgan fingerprint density at radius 2 is 2.29 bits per heavy atom. The predicted octanol–water partition coefficient (Wildman–Crippen LogP) is 0.249. The highest BCUT2D eigenvalue weighted by Gasteiger charge is 2.15. The molecule has 6 nitrogen and oxygen atoms in total. The molecule has 0 saturated heterocycles. The average molecular weight is 192 g/mol. The van der Waals surface area contributed by atoms with E-state index in [2.05, 4.69) is 9.97 Å². The summed E-state index contributed by atoms with van der Waals surface area (Å²) in [5, 5.41) is 8.87. The molecule has 0 aromatic carbocycles. The summed E-state index contributed by atoms with van der Waals surface area (Å²) in [6.45, 7) is 0. The summed E-state index contributed by atoms with van der Waals surface area (Å²) >= 11 is 0. The lowest BCUT2D eigenvalue weighted by atomic mass is 10.3. The van der Waals surface area contributed by atoms with Gasteiger partial charge in [-0.3, -0.25) is 0 Å². The molecule has 0 spiro atoms. The number of aromatic carboxylic acids is 1. The second kappa shape index (κ2) is 2.69. The number of carboxylic acids is 1. The maximum atomic E-state index is 10.8. The number of fused-ring (bicyclic) bond motifs is 1. The molecular formula is C8H8N4O2. The van der Waals surface area contributed by atoms with Crippen molar-refractivity contribution in [3.63, 3.8) is 0 Å². The van der Waals surface area contributed by atoms with Gasteiger partial charge in [0, 0.05) is 13.2 Å². The zero-order chi connectivity index (χ0) is 10.3. The Labute approximate surface area is 79.0 Å². The van der Waals surface area contributed by atoms with Gasteiger partial charge in [-0.15, -0.1) is 0 Å². The Hall–Kier alpha value is -2.11. The van der Waals surface area contributed by atoms with Crippen molar-refractivity contribution >= 4 is 22.8 Å². The van der Waals surface area contributed by atoms with E-state index in [4.69, 9.17) is 10.8 Å². The molecule has 0 radical (unpaired) electrons. The number of anilines is 1. The predicted molar refractivity (Wildman–Crippen MR) is 49.9 cm³/mol. The van der Waals surface area contributed by atoms with Crippen molar-refractivity contribution in [2.24, 2.45) is 7.05 Å². The first-order chi connectivity index (χ1) is 6.61. The van der Waals surface area contributed by atoms with Crippen LogP contribution in [-0.4, -0.2) is 25.6 Å². The summed E-state index contributed by atoms with van der Waals surface area (Å²) < 4.78 is 1.61. The fourth-order valence-electron chi connectivity index (χ4n) is 1.41. The minimum Gasteiger partial charge on any atom is -0.478 e. The number of nitrogens with two attached hydrogens (primary N) is 1. The average Bonchev–Trinajstić information content (AvgIpc) is 2.45. The summed E-state index contributed by atoms with van der Waals surface area (Å²) in [6.07, 6.45) is 2.72. The van der Waals surface area contributed by atoms with Crippen LogP contribution >= 0.6 is 0 Å². The molecule has 0 fully saturated rings. The van der Waals surface area contributed by atoms with Gasteiger partial charge in [-0.05, 0) is 0 Å². The second-order valence-electron chi connectivity index (χ2n) is 2.91. The van der Waals surface area contributed by atoms with Gasteiger partial charge in [0.2, 0.25) is 0 Å². The Morgan fingerprint density at radius 1 is 1.57 bits per heavy atom. The molecule has 0 aliphatic carbocycles. The third-order valence-corrected chi connectivity index (χ3v) is 2.01. The third kappa shape index (κ3) is 1.00. The van der Waals surface area contributed by atoms with Gasteiger partial charge < -0.3 is 15.4 Å². The van der Waals surface area contributed by atoms with Crippen LogP contribution in [0, 0.1) is 0 Å². The number of nitrogens with zero attached hydrogens (tertiary/aromatic N) is 3. The van der Waals surface area contributed by atoms with Gasteiger partial charge >= 0.3 is 5.97 Å². The number of rotatable bonds is 1. The van der Waals surface area contributed by atoms with Crippen LogP contribution in [0.2, 0.25) is 0 Å². The fraction of sp³-hybridized carbons (Fsp3) is 0.125. The van der Waals surface area contributed by atoms with Crippen LogP contribution in [-0.2, 0) is 7.05 Å². The Kier molecular flexibility index (Phi) is 1.63. The molecule has 72 valence electrons. The van der Waals surface area contributed by atoms with E-state index < -0.39 is 5.97 Å². The van der Waals surface area contributed by atoms with Crippen LogP contribution in [0.15, 0.2) is 12.5 Å². The summed E-state index contributed by atoms with van der Waals surface area (Å²) in [7, 11) is 1.70. The first-order valence-corrected chi connectivity index (χ1v) is 3.90. The quantitative estimate of drug-likeness (QED) is 0.675. The lowest BCUT2D eigenvalue weighted by Gasteiger charge is -1.97. The molecule has 0 saturated carbocycles. The molecule has 2 heterocycles. The van der Waals surface area contributed by atoms with E-state index in [0.29, 0.717) is 11.0 Å². The first-order valence-electron chi connectivity index (χ1n) is 3.90. The van der Waals surface area contributed by atoms with E-state index in [1.807, 2.05) is 0 Å². The van der Waals surface area contributed by atoms with Crippen LogP contribution in [0.4, 0.5) is 5.82 Å². The number of nitrogen functional groups attached to an aromatic ring is 1. The molecule has 3 N–H and O–H groups in total. The van der Waals surface area contributed by atoms with Crippen LogP contribution in [0.25, 0.3) is 11.0 Å². The molecule has 0 atom stereocenters. The Bertz CT molecular complexity index is 517. The highest BCUT2D eigenvalue weighted by atomic mass is 16.4. The molecule has 2 aromatic rings. The number of hydrogen-bond acceptors (Lipinski definition) is 4. The van der Waals surface area contributed by atoms with Crippen LogP contribution in [0.1, 0.15) is 10.4 Å². The zero-order valence-corrected chi connectivity index (χ0v) is 7.43. The van der Waals surface area contributed by atoms with E-state index in [-0.39, 0.29) is 11.4 Å². The SMILES string of the molecule is Cn1cc(C(=O)O)c2ncnc(N)c21. The summed E-state index contributed by atoms with van der Waals surface area (Å²) in [5.74, 6) is -0.737. The minimum absolute atomic E-state index is 0.136. The van der Waals surface area contributed by atoms with E-state index >= 15 is 0 Å². The molecule has 0 aliphatic rings. The minimum atomic E-state index is -1.02. The van der Waals surface area contributed by atoms with Crippen molar-refractivity contribution in [3.8, 4) is 0 Å². The molecule has 0 unspecified atom stereocenters. The van der Waals surface area contributed by atoms with E-state index in [0.717, 1.165) is 0 Å². The van der Waals surface area contributed by atoms with Crippen LogP contribution in [0.3, 0.4) is 0 Å². The van der Waals surface area contributed by atoms with Gasteiger partial charge in [0.15, 0.2) is 5.82 Å². The highest BCUT2D eigenvalue weighted by molar-refractivity contribution is 6.03. The third-order valence-electron chi connectivity index (χ3n) is 2.01. The van der Waals surface area contributed by atoms with Crippen molar-refractivity contribution < 1.29 is 9.90 Å². The van der Waals surface area contributed by atoms with Crippen molar-refractivity contribution in [2.75, 3.05) is 5.73 Å². The molecule has 14 heavy (non-hydrogen) atoms. The van der Waals surface area contributed by atoms with Crippen molar-refractivity contribution in [1.29, 1.82) is 0 Å². The smallest absolute Gasteiger partial charge is 0.339 e. The maximum Gasteiger partial charge on any atom is 0.339 e. The summed E-state index contributed by atoms with van der Waals surface area (Å²) in [4.78, 5) is 18.5. The standard InChI is InChI=1S/C8H8N4O2/c1-12-2-4(8(13)14)5-6(12)7(9)11-3-10-5/h2-3H,1H3,(H,13,14)(H2,9,10,11). The van der Waals surface area contributed by atoms with Gasteiger partial charge in [0.1, 0.15) is 22.9 Å². The van der Waals surface area contributed by atoms with Crippen molar-refractivity contribution in [2.45, 2.75) is 0 Å². The number of aromatic nitrogens is 3. The number of hydrogen-bond donors (Lipinski definition) is 2. The molecule has 2 rings (SSSR count). The maximum absolute atomic E-state index is 10.8. The van der Waals surface area contributed by atoms with Gasteiger partial charge in [-0.2, -0.15) is 0 Å². The van der Waals surface area contributed by atoms with E-state index in [1.54, 1.807) is 11.6 Å². The topological polar surface area (TPSA) is 94.0 Å².